The first-order chi connectivity index (χ1) is 8.23. The molecule has 1 amide bonds. The fourth-order valence-electron chi connectivity index (χ4n) is 1.35. The molecule has 0 saturated heterocycles. The molecule has 18 heavy (non-hydrogen) atoms. The van der Waals surface area contributed by atoms with Gasteiger partial charge in [0.15, 0.2) is 0 Å². The van der Waals surface area contributed by atoms with Crippen LogP contribution < -0.4 is 10.6 Å². The summed E-state index contributed by atoms with van der Waals surface area (Å²) in [6, 6.07) is 0. The van der Waals surface area contributed by atoms with Crippen LogP contribution in [0.15, 0.2) is 0 Å². The van der Waals surface area contributed by atoms with Gasteiger partial charge in [-0.1, -0.05) is 19.8 Å². The number of rotatable bonds is 7. The Morgan fingerprint density at radius 1 is 1.28 bits per heavy atom. The van der Waals surface area contributed by atoms with Crippen LogP contribution >= 0.6 is 0 Å². The van der Waals surface area contributed by atoms with Crippen molar-refractivity contribution in [3.63, 3.8) is 0 Å². The molecule has 5 nitrogen and oxygen atoms in total. The largest absolute Gasteiger partial charge is 0.480 e. The highest BCUT2D eigenvalue weighted by Crippen LogP contribution is 2.13. The fourth-order valence-corrected chi connectivity index (χ4v) is 1.35. The molecule has 0 unspecified atom stereocenters. The van der Waals surface area contributed by atoms with Gasteiger partial charge in [0.25, 0.3) is 0 Å². The van der Waals surface area contributed by atoms with E-state index in [2.05, 4.69) is 16.6 Å². The van der Waals surface area contributed by atoms with Gasteiger partial charge in [0.1, 0.15) is 11.1 Å². The molecule has 0 aromatic heterocycles. The van der Waals surface area contributed by atoms with Crippen molar-refractivity contribution >= 4 is 11.9 Å². The van der Waals surface area contributed by atoms with E-state index in [1.165, 1.54) is 13.8 Å². The summed E-state index contributed by atoms with van der Waals surface area (Å²) in [5.74, 6) is 1.28. The van der Waals surface area contributed by atoms with Crippen molar-refractivity contribution in [3.8, 4) is 12.3 Å². The number of carbonyl (C=O) groups excluding carboxylic acids is 1. The van der Waals surface area contributed by atoms with Crippen molar-refractivity contribution in [2.24, 2.45) is 0 Å². The van der Waals surface area contributed by atoms with E-state index in [0.717, 1.165) is 0 Å². The van der Waals surface area contributed by atoms with Gasteiger partial charge in [-0.05, 0) is 26.7 Å². The van der Waals surface area contributed by atoms with Gasteiger partial charge in [-0.3, -0.25) is 14.9 Å². The quantitative estimate of drug-likeness (QED) is 0.586. The number of carboxylic acids is 1. The molecular weight excluding hydrogens is 232 g/mol. The van der Waals surface area contributed by atoms with Crippen LogP contribution in [0, 0.1) is 12.3 Å². The van der Waals surface area contributed by atoms with Crippen molar-refractivity contribution in [3.05, 3.63) is 0 Å². The number of hydrogen-bond donors (Lipinski definition) is 3. The van der Waals surface area contributed by atoms with Crippen LogP contribution in [-0.2, 0) is 9.59 Å². The molecule has 0 aromatic rings. The minimum absolute atomic E-state index is 0.0806. The predicted molar refractivity (Wildman–Crippen MR) is 70.0 cm³/mol. The van der Waals surface area contributed by atoms with Crippen molar-refractivity contribution < 1.29 is 14.7 Å². The van der Waals surface area contributed by atoms with Crippen molar-refractivity contribution in [1.82, 2.24) is 10.6 Å². The Labute approximate surface area is 108 Å². The van der Waals surface area contributed by atoms with E-state index in [1.54, 1.807) is 0 Å². The number of carbonyl (C=O) groups is 2. The van der Waals surface area contributed by atoms with Gasteiger partial charge >= 0.3 is 5.97 Å². The first-order valence-corrected chi connectivity index (χ1v) is 6.00. The van der Waals surface area contributed by atoms with Gasteiger partial charge in [-0.25, -0.2) is 0 Å². The molecule has 102 valence electrons. The van der Waals surface area contributed by atoms with Gasteiger partial charge in [0, 0.05) is 0 Å². The lowest BCUT2D eigenvalue weighted by atomic mass is 9.94. The number of carboxylic acid groups (broad SMARTS) is 1. The molecule has 0 aliphatic rings. The Hall–Kier alpha value is -1.54. The van der Waals surface area contributed by atoms with Crippen LogP contribution in [0.3, 0.4) is 0 Å². The van der Waals surface area contributed by atoms with Crippen LogP contribution in [0.2, 0.25) is 0 Å². The normalized spacial score (nSPS) is 11.7. The summed E-state index contributed by atoms with van der Waals surface area (Å²) in [7, 11) is 0. The van der Waals surface area contributed by atoms with Gasteiger partial charge in [-0.2, -0.15) is 0 Å². The molecule has 0 aromatic carbocycles. The molecule has 0 spiro atoms. The minimum atomic E-state index is -1.14. The van der Waals surface area contributed by atoms with Gasteiger partial charge in [0.2, 0.25) is 5.91 Å². The molecule has 0 aliphatic carbocycles. The minimum Gasteiger partial charge on any atom is -0.480 e. The van der Waals surface area contributed by atoms with Gasteiger partial charge in [0.05, 0.1) is 6.54 Å². The Bertz CT molecular complexity index is 352. The maximum Gasteiger partial charge on any atom is 0.323 e. The lowest BCUT2D eigenvalue weighted by molar-refractivity contribution is -0.143. The summed E-state index contributed by atoms with van der Waals surface area (Å²) < 4.78 is 0. The SMILES string of the molecule is C#CC(CC)(CC)NC(=O)CNC(C)(C)C(=O)O. The van der Waals surface area contributed by atoms with Crippen molar-refractivity contribution in [2.45, 2.75) is 51.6 Å². The molecule has 0 fully saturated rings. The maximum atomic E-state index is 11.7. The summed E-state index contributed by atoms with van der Waals surface area (Å²) in [6.07, 6.45) is 6.69. The Morgan fingerprint density at radius 3 is 2.11 bits per heavy atom. The number of hydrogen-bond acceptors (Lipinski definition) is 3. The second-order valence-electron chi connectivity index (χ2n) is 4.77. The number of terminal acetylenes is 1. The summed E-state index contributed by atoms with van der Waals surface area (Å²) in [5.41, 5.74) is -1.79. The van der Waals surface area contributed by atoms with E-state index in [4.69, 9.17) is 11.5 Å². The number of nitrogens with one attached hydrogen (secondary N) is 2. The molecule has 0 bridgehead atoms. The van der Waals surface area contributed by atoms with Crippen LogP contribution in [-0.4, -0.2) is 34.6 Å². The fraction of sp³-hybridized carbons (Fsp3) is 0.692. The third-order valence-electron chi connectivity index (χ3n) is 3.09. The Balaban J connectivity index is 4.46. The molecular formula is C13H22N2O3. The molecule has 5 heteroatoms. The smallest absolute Gasteiger partial charge is 0.323 e. The first kappa shape index (κ1) is 16.5. The van der Waals surface area contributed by atoms with E-state index in [0.29, 0.717) is 12.8 Å². The van der Waals surface area contributed by atoms with Crippen LogP contribution in [0.4, 0.5) is 0 Å². The maximum absolute atomic E-state index is 11.7. The zero-order chi connectivity index (χ0) is 14.4. The molecule has 0 aliphatic heterocycles. The summed E-state index contributed by atoms with van der Waals surface area (Å²) in [6.45, 7) is 6.71. The molecule has 0 radical (unpaired) electrons. The summed E-state index contributed by atoms with van der Waals surface area (Å²) >= 11 is 0. The first-order valence-electron chi connectivity index (χ1n) is 6.00. The number of aliphatic carboxylic acids is 1. The van der Waals surface area contributed by atoms with Crippen LogP contribution in [0.25, 0.3) is 0 Å². The zero-order valence-electron chi connectivity index (χ0n) is 11.5. The third-order valence-corrected chi connectivity index (χ3v) is 3.09. The lowest BCUT2D eigenvalue weighted by Crippen LogP contribution is -2.54. The van der Waals surface area contributed by atoms with E-state index < -0.39 is 17.0 Å². The van der Waals surface area contributed by atoms with Crippen LogP contribution in [0.1, 0.15) is 40.5 Å². The second-order valence-corrected chi connectivity index (χ2v) is 4.77. The van der Waals surface area contributed by atoms with E-state index >= 15 is 0 Å². The van der Waals surface area contributed by atoms with E-state index in [1.807, 2.05) is 13.8 Å². The lowest BCUT2D eigenvalue weighted by Gasteiger charge is -2.28. The van der Waals surface area contributed by atoms with Gasteiger partial charge < -0.3 is 10.4 Å². The highest BCUT2D eigenvalue weighted by Gasteiger charge is 2.29. The predicted octanol–water partition coefficient (Wildman–Crippen LogP) is 0.747. The van der Waals surface area contributed by atoms with Crippen LogP contribution in [0.5, 0.6) is 0 Å². The average molecular weight is 254 g/mol. The number of amides is 1. The molecule has 3 N–H and O–H groups in total. The van der Waals surface area contributed by atoms with Gasteiger partial charge in [-0.15, -0.1) is 6.42 Å². The Morgan fingerprint density at radius 2 is 1.78 bits per heavy atom. The standard InChI is InChI=1S/C13H22N2O3/c1-6-13(7-2,8-3)15-10(16)9-14-12(4,5)11(17)18/h1,14H,7-9H2,2-5H3,(H,15,16)(H,17,18). The summed E-state index contributed by atoms with van der Waals surface area (Å²) in [4.78, 5) is 22.6. The summed E-state index contributed by atoms with van der Waals surface area (Å²) in [5, 5.41) is 14.3. The zero-order valence-corrected chi connectivity index (χ0v) is 11.5. The Kier molecular flexibility index (Phi) is 5.86. The second kappa shape index (κ2) is 6.41. The molecule has 0 saturated carbocycles. The molecule has 0 atom stereocenters. The molecule has 0 rings (SSSR count). The molecule has 0 heterocycles. The highest BCUT2D eigenvalue weighted by atomic mass is 16.4. The van der Waals surface area contributed by atoms with Crippen molar-refractivity contribution in [2.75, 3.05) is 6.54 Å². The monoisotopic (exact) mass is 254 g/mol. The highest BCUT2D eigenvalue weighted by molar-refractivity contribution is 5.82. The topological polar surface area (TPSA) is 78.4 Å². The average Bonchev–Trinajstić information content (AvgIpc) is 2.33. The third kappa shape index (κ3) is 4.38. The van der Waals surface area contributed by atoms with Crippen molar-refractivity contribution in [1.29, 1.82) is 0 Å². The van der Waals surface area contributed by atoms with E-state index in [9.17, 15) is 9.59 Å². The van der Waals surface area contributed by atoms with E-state index in [-0.39, 0.29) is 12.5 Å².